The van der Waals surface area contributed by atoms with Crippen LogP contribution in [0.3, 0.4) is 0 Å². The van der Waals surface area contributed by atoms with E-state index in [1.807, 2.05) is 0 Å². The van der Waals surface area contributed by atoms with Crippen molar-refractivity contribution in [1.29, 1.82) is 0 Å². The minimum Gasteiger partial charge on any atom is -0.297 e. The van der Waals surface area contributed by atoms with Gasteiger partial charge < -0.3 is 0 Å². The molecule has 1 fully saturated rings. The van der Waals surface area contributed by atoms with Crippen LogP contribution in [0.5, 0.6) is 0 Å². The average Bonchev–Trinajstić information content (AvgIpc) is 2.70. The third kappa shape index (κ3) is 1.85. The predicted octanol–water partition coefficient (Wildman–Crippen LogP) is 0.858. The van der Waals surface area contributed by atoms with Crippen molar-refractivity contribution in [2.45, 2.75) is 12.3 Å². The summed E-state index contributed by atoms with van der Waals surface area (Å²) < 4.78 is 22.4. The van der Waals surface area contributed by atoms with Crippen molar-refractivity contribution in [3.05, 3.63) is 16.1 Å². The van der Waals surface area contributed by atoms with Crippen LogP contribution in [0.25, 0.3) is 0 Å². The van der Waals surface area contributed by atoms with Crippen molar-refractivity contribution in [2.24, 2.45) is 0 Å². The van der Waals surface area contributed by atoms with Crippen LogP contribution in [-0.2, 0) is 9.84 Å². The van der Waals surface area contributed by atoms with E-state index in [1.54, 1.807) is 0 Å². The zero-order valence-corrected chi connectivity index (χ0v) is 8.97. The van der Waals surface area contributed by atoms with Crippen molar-refractivity contribution in [2.75, 3.05) is 11.5 Å². The summed E-state index contributed by atoms with van der Waals surface area (Å²) in [5.41, 5.74) is 0. The van der Waals surface area contributed by atoms with Gasteiger partial charge >= 0.3 is 0 Å². The molecule has 6 heteroatoms. The third-order valence-corrected chi connectivity index (χ3v) is 5.09. The monoisotopic (exact) mass is 231 g/mol. The van der Waals surface area contributed by atoms with Crippen LogP contribution in [0.15, 0.2) is 6.20 Å². The highest BCUT2D eigenvalue weighted by molar-refractivity contribution is 7.91. The van der Waals surface area contributed by atoms with Crippen molar-refractivity contribution in [3.63, 3.8) is 0 Å². The molecule has 4 nitrogen and oxygen atoms in total. The molecule has 0 radical (unpaired) electrons. The van der Waals surface area contributed by atoms with Crippen LogP contribution in [0.4, 0.5) is 0 Å². The first kappa shape index (κ1) is 9.79. The summed E-state index contributed by atoms with van der Waals surface area (Å²) in [7, 11) is -2.86. The van der Waals surface area contributed by atoms with Crippen LogP contribution < -0.4 is 0 Å². The van der Waals surface area contributed by atoms with Crippen LogP contribution in [0.2, 0.25) is 0 Å². The molecule has 1 aromatic heterocycles. The Bertz CT molecular complexity index is 449. The van der Waals surface area contributed by atoms with Crippen molar-refractivity contribution < 1.29 is 13.2 Å². The molecular formula is C8H9NO3S2. The second kappa shape index (κ2) is 3.43. The predicted molar refractivity (Wildman–Crippen MR) is 53.5 cm³/mol. The summed E-state index contributed by atoms with van der Waals surface area (Å²) in [5.74, 6) is 0.422. The van der Waals surface area contributed by atoms with E-state index in [1.165, 1.54) is 17.5 Å². The number of carbonyl (C=O) groups excluding carboxylic acids is 1. The summed E-state index contributed by atoms with van der Waals surface area (Å²) in [6.07, 6.45) is 2.87. The number of sulfone groups is 1. The van der Waals surface area contributed by atoms with E-state index in [9.17, 15) is 13.2 Å². The van der Waals surface area contributed by atoms with Gasteiger partial charge in [0.2, 0.25) is 0 Å². The smallest absolute Gasteiger partial charge is 0.161 e. The Morgan fingerprint density at radius 2 is 2.36 bits per heavy atom. The maximum Gasteiger partial charge on any atom is 0.161 e. The SMILES string of the molecule is O=Cc1cnc(C2CCS(=O)(=O)C2)s1. The molecule has 2 rings (SSSR count). The maximum atomic E-state index is 11.2. The highest BCUT2D eigenvalue weighted by Gasteiger charge is 2.30. The fourth-order valence-electron chi connectivity index (χ4n) is 1.53. The number of rotatable bonds is 2. The van der Waals surface area contributed by atoms with Crippen molar-refractivity contribution in [1.82, 2.24) is 4.98 Å². The van der Waals surface area contributed by atoms with Gasteiger partial charge in [-0.15, -0.1) is 11.3 Å². The summed E-state index contributed by atoms with van der Waals surface area (Å²) in [6.45, 7) is 0. The molecule has 76 valence electrons. The Morgan fingerprint density at radius 3 is 2.86 bits per heavy atom. The van der Waals surface area contributed by atoms with Gasteiger partial charge in [-0.2, -0.15) is 0 Å². The van der Waals surface area contributed by atoms with E-state index in [-0.39, 0.29) is 17.4 Å². The number of aldehydes is 1. The molecular weight excluding hydrogens is 222 g/mol. The van der Waals surface area contributed by atoms with E-state index < -0.39 is 9.84 Å². The lowest BCUT2D eigenvalue weighted by Gasteiger charge is -2.00. The van der Waals surface area contributed by atoms with Gasteiger partial charge in [0.15, 0.2) is 16.1 Å². The van der Waals surface area contributed by atoms with Gasteiger partial charge in [-0.1, -0.05) is 0 Å². The van der Waals surface area contributed by atoms with Gasteiger partial charge in [0.1, 0.15) is 0 Å². The zero-order chi connectivity index (χ0) is 10.2. The van der Waals surface area contributed by atoms with E-state index >= 15 is 0 Å². The lowest BCUT2D eigenvalue weighted by molar-refractivity contribution is 0.112. The molecule has 0 saturated carbocycles. The standard InChI is InChI=1S/C8H9NO3S2/c10-4-7-3-9-8(13-7)6-1-2-14(11,12)5-6/h3-4,6H,1-2,5H2. The first-order valence-electron chi connectivity index (χ1n) is 4.22. The number of hydrogen-bond donors (Lipinski definition) is 0. The molecule has 0 spiro atoms. The molecule has 1 saturated heterocycles. The fourth-order valence-corrected chi connectivity index (χ4v) is 4.26. The molecule has 1 unspecified atom stereocenters. The van der Waals surface area contributed by atoms with E-state index in [4.69, 9.17) is 0 Å². The first-order valence-corrected chi connectivity index (χ1v) is 6.86. The molecule has 0 amide bonds. The number of aromatic nitrogens is 1. The molecule has 1 aromatic rings. The maximum absolute atomic E-state index is 11.2. The molecule has 1 atom stereocenters. The molecule has 2 heterocycles. The highest BCUT2D eigenvalue weighted by atomic mass is 32.2. The summed E-state index contributed by atoms with van der Waals surface area (Å²) >= 11 is 1.29. The average molecular weight is 231 g/mol. The minimum atomic E-state index is -2.86. The van der Waals surface area contributed by atoms with E-state index in [2.05, 4.69) is 4.98 Å². The van der Waals surface area contributed by atoms with E-state index in [0.717, 1.165) is 11.3 Å². The van der Waals surface area contributed by atoms with Crippen LogP contribution in [0, 0.1) is 0 Å². The third-order valence-electron chi connectivity index (χ3n) is 2.24. The molecule has 1 aliphatic heterocycles. The van der Waals surface area contributed by atoms with Gasteiger partial charge in [0.05, 0.1) is 21.4 Å². The first-order chi connectivity index (χ1) is 6.61. The fraction of sp³-hybridized carbons (Fsp3) is 0.500. The largest absolute Gasteiger partial charge is 0.297 e. The summed E-state index contributed by atoms with van der Waals surface area (Å²) in [5, 5.41) is 0.771. The van der Waals surface area contributed by atoms with E-state index in [0.29, 0.717) is 11.3 Å². The molecule has 0 aliphatic carbocycles. The Balaban J connectivity index is 2.21. The van der Waals surface area contributed by atoms with Gasteiger partial charge in [-0.25, -0.2) is 13.4 Å². The number of carbonyl (C=O) groups is 1. The quantitative estimate of drug-likeness (QED) is 0.708. The molecule has 0 aromatic carbocycles. The highest BCUT2D eigenvalue weighted by Crippen LogP contribution is 2.30. The lowest BCUT2D eigenvalue weighted by atomic mass is 10.1. The second-order valence-electron chi connectivity index (χ2n) is 3.32. The Hall–Kier alpha value is -0.750. The summed E-state index contributed by atoms with van der Waals surface area (Å²) in [4.78, 5) is 15.0. The zero-order valence-electron chi connectivity index (χ0n) is 7.34. The van der Waals surface area contributed by atoms with Crippen LogP contribution in [-0.4, -0.2) is 31.2 Å². The molecule has 1 aliphatic rings. The minimum absolute atomic E-state index is 0.00120. The van der Waals surface area contributed by atoms with Gasteiger partial charge in [0.25, 0.3) is 0 Å². The molecule has 0 bridgehead atoms. The topological polar surface area (TPSA) is 64.1 Å². The van der Waals surface area contributed by atoms with Crippen molar-refractivity contribution >= 4 is 27.5 Å². The van der Waals surface area contributed by atoms with Crippen molar-refractivity contribution in [3.8, 4) is 0 Å². The number of nitrogens with zero attached hydrogens (tertiary/aromatic N) is 1. The van der Waals surface area contributed by atoms with Crippen LogP contribution >= 0.6 is 11.3 Å². The molecule has 14 heavy (non-hydrogen) atoms. The summed E-state index contributed by atoms with van der Waals surface area (Å²) in [6, 6.07) is 0. The van der Waals surface area contributed by atoms with Gasteiger partial charge in [-0.3, -0.25) is 4.79 Å². The number of thiazole rings is 1. The Kier molecular flexibility index (Phi) is 2.40. The van der Waals surface area contributed by atoms with Gasteiger partial charge in [-0.05, 0) is 6.42 Å². The Labute approximate surface area is 85.9 Å². The Morgan fingerprint density at radius 1 is 1.57 bits per heavy atom. The lowest BCUT2D eigenvalue weighted by Crippen LogP contribution is -2.03. The van der Waals surface area contributed by atoms with Gasteiger partial charge in [0, 0.05) is 12.1 Å². The molecule has 0 N–H and O–H groups in total. The normalized spacial score (nSPS) is 25.0. The second-order valence-corrected chi connectivity index (χ2v) is 6.64. The number of hydrogen-bond acceptors (Lipinski definition) is 5. The van der Waals surface area contributed by atoms with Crippen LogP contribution in [0.1, 0.15) is 27.0 Å².